The number of rotatable bonds is 7. The molecule has 10 nitrogen and oxygen atoms in total. The monoisotopic (exact) mass is 554 g/mol. The van der Waals surface area contributed by atoms with Gasteiger partial charge >= 0.3 is 0 Å². The number of piperidine rings is 1. The molecule has 0 aliphatic carbocycles. The summed E-state index contributed by atoms with van der Waals surface area (Å²) >= 11 is 1.22. The summed E-state index contributed by atoms with van der Waals surface area (Å²) < 4.78 is 20.4. The Hall–Kier alpha value is -3.93. The third-order valence-electron chi connectivity index (χ3n) is 7.55. The van der Waals surface area contributed by atoms with Gasteiger partial charge in [0.05, 0.1) is 12.2 Å². The number of benzene rings is 1. The number of hydrogen-bond donors (Lipinski definition) is 1. The predicted octanol–water partition coefficient (Wildman–Crippen LogP) is 3.15. The van der Waals surface area contributed by atoms with Crippen LogP contribution < -0.4 is 10.4 Å². The van der Waals surface area contributed by atoms with Crippen LogP contribution in [0.25, 0.3) is 10.6 Å². The first-order chi connectivity index (χ1) is 18.7. The summed E-state index contributed by atoms with van der Waals surface area (Å²) in [6.07, 6.45) is 3.21. The molecular formula is C27H31FN6O4S. The maximum absolute atomic E-state index is 13.7. The Morgan fingerprint density at radius 2 is 1.87 bits per heavy atom. The number of likely N-dealkylation sites (tertiary alicyclic amines) is 1. The summed E-state index contributed by atoms with van der Waals surface area (Å²) in [5.41, 5.74) is -0.413. The number of aromatic nitrogens is 3. The van der Waals surface area contributed by atoms with Crippen LogP contribution in [0.15, 0.2) is 47.7 Å². The van der Waals surface area contributed by atoms with E-state index in [0.717, 1.165) is 5.56 Å². The van der Waals surface area contributed by atoms with Gasteiger partial charge in [0.1, 0.15) is 16.5 Å². The molecule has 2 aromatic heterocycles. The van der Waals surface area contributed by atoms with Gasteiger partial charge in [0.25, 0.3) is 5.91 Å². The van der Waals surface area contributed by atoms with Crippen LogP contribution >= 0.6 is 11.3 Å². The highest BCUT2D eigenvalue weighted by atomic mass is 32.1. The van der Waals surface area contributed by atoms with Gasteiger partial charge in [-0.05, 0) is 38.1 Å². The Bertz CT molecular complexity index is 1460. The van der Waals surface area contributed by atoms with Crippen molar-refractivity contribution in [1.29, 1.82) is 0 Å². The van der Waals surface area contributed by atoms with Crippen molar-refractivity contribution in [3.63, 3.8) is 0 Å². The highest BCUT2D eigenvalue weighted by molar-refractivity contribution is 7.14. The van der Waals surface area contributed by atoms with Crippen molar-refractivity contribution in [2.75, 3.05) is 38.3 Å². The number of carbonyl (C=O) groups is 1. The fourth-order valence-corrected chi connectivity index (χ4v) is 6.36. The average Bonchev–Trinajstić information content (AvgIpc) is 3.39. The molecule has 5 rings (SSSR count). The van der Waals surface area contributed by atoms with Crippen LogP contribution in [0.4, 0.5) is 4.39 Å². The topological polar surface area (TPSA) is 104 Å². The zero-order chi connectivity index (χ0) is 27.9. The summed E-state index contributed by atoms with van der Waals surface area (Å²) in [7, 11) is 1.86. The molecular weight excluding hydrogens is 523 g/mol. The Morgan fingerprint density at radius 3 is 2.51 bits per heavy atom. The van der Waals surface area contributed by atoms with Gasteiger partial charge in [0.15, 0.2) is 22.3 Å². The van der Waals surface area contributed by atoms with Crippen LogP contribution in [-0.2, 0) is 11.2 Å². The molecule has 1 fully saturated rings. The van der Waals surface area contributed by atoms with Crippen molar-refractivity contribution in [3.8, 4) is 16.3 Å². The molecule has 0 atom stereocenters. The molecule has 1 saturated heterocycles. The summed E-state index contributed by atoms with van der Waals surface area (Å²) in [5.74, 6) is -0.729. The molecule has 1 spiro atoms. The van der Waals surface area contributed by atoms with Crippen LogP contribution in [0, 0.1) is 5.82 Å². The molecule has 206 valence electrons. The van der Waals surface area contributed by atoms with Gasteiger partial charge in [0.2, 0.25) is 5.43 Å². The number of halogens is 1. The molecule has 1 aromatic carbocycles. The Morgan fingerprint density at radius 1 is 1.18 bits per heavy atom. The molecule has 0 bridgehead atoms. The molecule has 1 N–H and O–H groups in total. The second kappa shape index (κ2) is 10.3. The fourth-order valence-electron chi connectivity index (χ4n) is 5.48. The Balaban J connectivity index is 1.50. The molecule has 4 heterocycles. The van der Waals surface area contributed by atoms with Crippen LogP contribution in [0.2, 0.25) is 0 Å². The van der Waals surface area contributed by atoms with E-state index in [1.54, 1.807) is 27.9 Å². The molecule has 12 heteroatoms. The molecule has 39 heavy (non-hydrogen) atoms. The van der Waals surface area contributed by atoms with E-state index < -0.39 is 22.7 Å². The van der Waals surface area contributed by atoms with Gasteiger partial charge in [-0.3, -0.25) is 19.3 Å². The van der Waals surface area contributed by atoms with Crippen LogP contribution in [0.1, 0.15) is 47.7 Å². The highest BCUT2D eigenvalue weighted by Crippen LogP contribution is 2.39. The van der Waals surface area contributed by atoms with E-state index in [1.807, 2.05) is 25.9 Å². The lowest BCUT2D eigenvalue weighted by Gasteiger charge is -2.57. The molecule has 2 aliphatic rings. The lowest BCUT2D eigenvalue weighted by molar-refractivity contribution is -0.00636. The number of pyridine rings is 1. The molecule has 0 radical (unpaired) electrons. The zero-order valence-electron chi connectivity index (χ0n) is 22.2. The maximum atomic E-state index is 13.7. The molecule has 2 aliphatic heterocycles. The standard InChI is InChI=1S/C27H31FN6O4S/c1-5-33-26(37)22-24(36)23(35)20(25-30-29-21(39-25)15-18-7-9-19(28)10-8-18)16-34(22)31(4)27(33)11-13-32(14-12-27)17(3)38-6-2/h7-10,16,36H,3,5-6,11-15H2,1-2,4H3. The first kappa shape index (κ1) is 26.7. The summed E-state index contributed by atoms with van der Waals surface area (Å²) in [6.45, 7) is 10.0. The Labute approximate surface area is 229 Å². The first-order valence-electron chi connectivity index (χ1n) is 12.9. The van der Waals surface area contributed by atoms with Gasteiger partial charge in [-0.25, -0.2) is 4.39 Å². The quantitative estimate of drug-likeness (QED) is 0.445. The molecule has 0 unspecified atom stereocenters. The van der Waals surface area contributed by atoms with Crippen molar-refractivity contribution < 1.29 is 19.0 Å². The van der Waals surface area contributed by atoms with Gasteiger partial charge in [0, 0.05) is 52.1 Å². The van der Waals surface area contributed by atoms with Crippen LogP contribution in [0.3, 0.4) is 0 Å². The van der Waals surface area contributed by atoms with E-state index in [-0.39, 0.29) is 17.1 Å². The number of aromatic hydroxyl groups is 1. The van der Waals surface area contributed by atoms with Crippen molar-refractivity contribution in [3.05, 3.63) is 75.2 Å². The lowest BCUT2D eigenvalue weighted by Crippen LogP contribution is -2.71. The SMILES string of the molecule is C=C(OCC)N1CCC2(CC1)N(CC)C(=O)c1c(O)c(=O)c(-c3nnc(Cc4ccc(F)cc4)s3)cn1N2C. The minimum atomic E-state index is -0.678. The number of fused-ring (bicyclic) bond motifs is 1. The van der Waals surface area contributed by atoms with Gasteiger partial charge in [-0.15, -0.1) is 10.2 Å². The van der Waals surface area contributed by atoms with E-state index in [9.17, 15) is 19.1 Å². The minimum absolute atomic E-state index is 0.0732. The molecule has 1 amide bonds. The molecule has 3 aromatic rings. The largest absolute Gasteiger partial charge is 0.502 e. The van der Waals surface area contributed by atoms with E-state index in [1.165, 1.54) is 23.5 Å². The van der Waals surface area contributed by atoms with E-state index in [2.05, 4.69) is 21.7 Å². The fraction of sp³-hybridized carbons (Fsp3) is 0.407. The van der Waals surface area contributed by atoms with Crippen molar-refractivity contribution >= 4 is 17.2 Å². The van der Waals surface area contributed by atoms with E-state index >= 15 is 0 Å². The number of carbonyl (C=O) groups excluding carboxylic acids is 1. The number of amides is 1. The summed E-state index contributed by atoms with van der Waals surface area (Å²) in [5, 5.41) is 22.3. The number of nitrogens with zero attached hydrogens (tertiary/aromatic N) is 6. The molecule has 0 saturated carbocycles. The third kappa shape index (κ3) is 4.52. The van der Waals surface area contributed by atoms with Crippen molar-refractivity contribution in [1.82, 2.24) is 24.7 Å². The van der Waals surface area contributed by atoms with Gasteiger partial charge in [-0.2, -0.15) is 0 Å². The van der Waals surface area contributed by atoms with Gasteiger partial charge in [-0.1, -0.05) is 23.5 Å². The second-order valence-corrected chi connectivity index (χ2v) is 10.6. The number of hydrogen-bond acceptors (Lipinski definition) is 9. The Kier molecular flexibility index (Phi) is 7.06. The van der Waals surface area contributed by atoms with Crippen LogP contribution in [-0.4, -0.2) is 74.6 Å². The predicted molar refractivity (Wildman–Crippen MR) is 146 cm³/mol. The van der Waals surface area contributed by atoms with Crippen LogP contribution in [0.5, 0.6) is 5.75 Å². The minimum Gasteiger partial charge on any atom is -0.502 e. The second-order valence-electron chi connectivity index (χ2n) is 9.59. The maximum Gasteiger partial charge on any atom is 0.278 e. The lowest BCUT2D eigenvalue weighted by atomic mass is 9.92. The van der Waals surface area contributed by atoms with E-state index in [4.69, 9.17) is 4.74 Å². The zero-order valence-corrected chi connectivity index (χ0v) is 23.0. The smallest absolute Gasteiger partial charge is 0.278 e. The average molecular weight is 555 g/mol. The highest BCUT2D eigenvalue weighted by Gasteiger charge is 2.51. The normalized spacial score (nSPS) is 16.5. The van der Waals surface area contributed by atoms with Gasteiger partial charge < -0.3 is 19.6 Å². The van der Waals surface area contributed by atoms with Crippen molar-refractivity contribution in [2.45, 2.75) is 38.8 Å². The number of ether oxygens (including phenoxy) is 1. The summed E-state index contributed by atoms with van der Waals surface area (Å²) in [6, 6.07) is 6.10. The third-order valence-corrected chi connectivity index (χ3v) is 8.51. The van der Waals surface area contributed by atoms with E-state index in [0.29, 0.717) is 61.4 Å². The summed E-state index contributed by atoms with van der Waals surface area (Å²) in [4.78, 5) is 30.8. The first-order valence-corrected chi connectivity index (χ1v) is 13.7. The van der Waals surface area contributed by atoms with Crippen molar-refractivity contribution in [2.24, 2.45) is 0 Å².